The fraction of sp³-hybridized carbons (Fsp3) is 0.500. The van der Waals surface area contributed by atoms with Crippen molar-refractivity contribution in [3.8, 4) is 0 Å². The van der Waals surface area contributed by atoms with Crippen LogP contribution < -0.4 is 21.3 Å². The maximum Gasteiger partial charge on any atom is 0.481 e. The summed E-state index contributed by atoms with van der Waals surface area (Å²) in [5, 5.41) is 26.2. The lowest BCUT2D eigenvalue weighted by Gasteiger charge is -2.30. The van der Waals surface area contributed by atoms with Crippen molar-refractivity contribution in [1.29, 1.82) is 0 Å². The van der Waals surface area contributed by atoms with Crippen LogP contribution in [0, 0.1) is 5.41 Å². The van der Waals surface area contributed by atoms with Crippen molar-refractivity contribution in [3.05, 3.63) is 48.6 Å². The second-order valence-electron chi connectivity index (χ2n) is 14.1. The van der Waals surface area contributed by atoms with E-state index in [9.17, 15) is 57.9 Å². The number of imidazole rings is 1. The van der Waals surface area contributed by atoms with Crippen LogP contribution in [0.1, 0.15) is 32.1 Å². The van der Waals surface area contributed by atoms with E-state index in [0.29, 0.717) is 0 Å². The Kier molecular flexibility index (Phi) is 17.3. The highest BCUT2D eigenvalue weighted by Gasteiger charge is 2.50. The Labute approximate surface area is 352 Å². The highest BCUT2D eigenvalue weighted by atomic mass is 32.2. The van der Waals surface area contributed by atoms with Gasteiger partial charge in [-0.05, 0) is 23.8 Å². The molecule has 7 atom stereocenters. The van der Waals surface area contributed by atoms with E-state index in [0.717, 1.165) is 40.2 Å². The van der Waals surface area contributed by atoms with Crippen LogP contribution >= 0.6 is 35.2 Å². The molecule has 1 aliphatic heterocycles. The van der Waals surface area contributed by atoms with Crippen LogP contribution in [0.4, 0.5) is 11.5 Å². The van der Waals surface area contributed by atoms with Gasteiger partial charge in [0.15, 0.2) is 17.7 Å². The molecule has 1 saturated heterocycles. The molecule has 0 bridgehead atoms. The molecule has 1 fully saturated rings. The minimum Gasteiger partial charge on any atom is -0.386 e. The van der Waals surface area contributed by atoms with Gasteiger partial charge in [0, 0.05) is 50.5 Å². The lowest BCUT2D eigenvalue weighted by atomic mass is 9.87. The molecule has 2 aromatic heterocycles. The maximum absolute atomic E-state index is 12.7. The molecular formula is C32H47N8O17P3S. The summed E-state index contributed by atoms with van der Waals surface area (Å²) in [4.78, 5) is 90.0. The third kappa shape index (κ3) is 15.0. The first kappa shape index (κ1) is 50.0. The molecule has 0 radical (unpaired) electrons. The highest BCUT2D eigenvalue weighted by Crippen LogP contribution is 2.61. The second kappa shape index (κ2) is 21.1. The van der Waals surface area contributed by atoms with E-state index in [1.54, 1.807) is 6.08 Å². The number of nitrogens with one attached hydrogen (secondary N) is 2. The van der Waals surface area contributed by atoms with Gasteiger partial charge in [-0.1, -0.05) is 43.8 Å². The number of carbonyl (C=O) groups excluding carboxylic acids is 3. The lowest BCUT2D eigenvalue weighted by Crippen LogP contribution is -2.46. The molecule has 0 saturated carbocycles. The molecule has 25 nitrogen and oxygen atoms in total. The number of rotatable bonds is 22. The molecule has 61 heavy (non-hydrogen) atoms. The molecule has 10 N–H and O–H groups in total. The number of nitrogen functional groups attached to an aromatic ring is 1. The summed E-state index contributed by atoms with van der Waals surface area (Å²) in [6.07, 6.45) is -3.86. The number of nitrogens with two attached hydrogens (primary N) is 1. The van der Waals surface area contributed by atoms with Crippen LogP contribution in [-0.4, -0.2) is 137 Å². The number of phosphoric ester groups is 3. The van der Waals surface area contributed by atoms with Gasteiger partial charge in [-0.3, -0.25) is 32.5 Å². The van der Waals surface area contributed by atoms with Crippen molar-refractivity contribution in [2.75, 3.05) is 56.8 Å². The van der Waals surface area contributed by atoms with Crippen LogP contribution in [0.25, 0.3) is 17.2 Å². The molecule has 3 aromatic rings. The van der Waals surface area contributed by atoms with Crippen LogP contribution in [-0.2, 0) is 50.7 Å². The fourth-order valence-corrected chi connectivity index (χ4v) is 8.78. The Morgan fingerprint density at radius 3 is 2.36 bits per heavy atom. The van der Waals surface area contributed by atoms with Crippen molar-refractivity contribution < 1.29 is 80.5 Å². The van der Waals surface area contributed by atoms with E-state index in [-0.39, 0.29) is 47.4 Å². The first-order valence-corrected chi connectivity index (χ1v) is 23.4. The van der Waals surface area contributed by atoms with Crippen molar-refractivity contribution in [2.24, 2.45) is 5.41 Å². The lowest BCUT2D eigenvalue weighted by molar-refractivity contribution is -0.137. The molecule has 0 aliphatic carbocycles. The van der Waals surface area contributed by atoms with Gasteiger partial charge >= 0.3 is 23.5 Å². The van der Waals surface area contributed by atoms with Gasteiger partial charge in [0.05, 0.1) is 19.5 Å². The van der Waals surface area contributed by atoms with Crippen molar-refractivity contribution in [2.45, 2.75) is 50.9 Å². The first-order valence-electron chi connectivity index (χ1n) is 17.9. The predicted octanol–water partition coefficient (Wildman–Crippen LogP) is 0.444. The van der Waals surface area contributed by atoms with Crippen molar-refractivity contribution >= 4 is 80.9 Å². The van der Waals surface area contributed by atoms with E-state index in [4.69, 9.17) is 19.5 Å². The quantitative estimate of drug-likeness (QED) is 0.0375. The predicted molar refractivity (Wildman–Crippen MR) is 217 cm³/mol. The average molecular weight is 941 g/mol. The number of ether oxygens (including phenoxy) is 1. The highest BCUT2D eigenvalue weighted by molar-refractivity contribution is 8.14. The second-order valence-corrected chi connectivity index (χ2v) is 19.4. The number of anilines is 2. The van der Waals surface area contributed by atoms with E-state index in [1.807, 2.05) is 43.3 Å². The van der Waals surface area contributed by atoms with E-state index < -0.39 is 84.6 Å². The summed E-state index contributed by atoms with van der Waals surface area (Å²) in [6, 6.07) is 7.60. The molecule has 3 unspecified atom stereocenters. The summed E-state index contributed by atoms with van der Waals surface area (Å²) in [5.74, 6) is -1.20. The number of amides is 2. The van der Waals surface area contributed by atoms with Crippen molar-refractivity contribution in [3.63, 3.8) is 0 Å². The molecular weight excluding hydrogens is 893 g/mol. The van der Waals surface area contributed by atoms with Crippen LogP contribution in [0.15, 0.2) is 43.0 Å². The standard InChI is InChI=1S/C32H47N8O17P3S/c1-32(2,27(44)30(45)35-12-11-22(41)34-13-14-61-23(42)10-7-19-5-8-20(9-6-19)39(3)4)16-54-60(51,52)57-59(49,50)53-15-21-26(56-58(46,47)48)25(43)31(55-21)40-18-38-24-28(33)36-17-37-29(24)40/h5-10,17-18,21,25-27,31,43-44H,11-16H2,1-4H3,(H,34,41)(H,35,45)(H,49,50)(H,51,52)(H2,33,36,37)(H2,46,47,48)/t21-,25-,26-,27?,31-/m1/s1. The van der Waals surface area contributed by atoms with Gasteiger partial charge in [-0.2, -0.15) is 4.31 Å². The van der Waals surface area contributed by atoms with Crippen LogP contribution in [0.5, 0.6) is 0 Å². The number of carbonyl (C=O) groups is 3. The van der Waals surface area contributed by atoms with E-state index >= 15 is 0 Å². The number of hydrogen-bond donors (Lipinski definition) is 9. The van der Waals surface area contributed by atoms with Gasteiger partial charge in [-0.15, -0.1) is 0 Å². The van der Waals surface area contributed by atoms with Gasteiger partial charge in [0.1, 0.15) is 36.3 Å². The van der Waals surface area contributed by atoms with Gasteiger partial charge < -0.3 is 55.8 Å². The average Bonchev–Trinajstić information content (AvgIpc) is 3.73. The molecule has 3 heterocycles. The van der Waals surface area contributed by atoms with Crippen molar-refractivity contribution in [1.82, 2.24) is 30.2 Å². The summed E-state index contributed by atoms with van der Waals surface area (Å²) in [5.41, 5.74) is 6.12. The summed E-state index contributed by atoms with van der Waals surface area (Å²) >= 11 is 1.00. The largest absolute Gasteiger partial charge is 0.481 e. The number of aliphatic hydroxyl groups is 2. The number of thioether (sulfide) groups is 1. The number of hydrogen-bond acceptors (Lipinski definition) is 19. The van der Waals surface area contributed by atoms with Gasteiger partial charge in [0.25, 0.3) is 0 Å². The minimum atomic E-state index is -5.58. The zero-order chi connectivity index (χ0) is 45.3. The molecule has 1 aliphatic rings. The maximum atomic E-state index is 12.7. The Bertz CT molecular complexity index is 2190. The molecule has 4 rings (SSSR count). The third-order valence-corrected chi connectivity index (χ3v) is 12.5. The minimum absolute atomic E-state index is 0.0278. The summed E-state index contributed by atoms with van der Waals surface area (Å²) in [6.45, 7) is 0.417. The third-order valence-electron chi connectivity index (χ3n) is 8.57. The summed E-state index contributed by atoms with van der Waals surface area (Å²) in [7, 11) is -12.6. The number of nitrogens with zero attached hydrogens (tertiary/aromatic N) is 5. The summed E-state index contributed by atoms with van der Waals surface area (Å²) < 4.78 is 62.2. The van der Waals surface area contributed by atoms with E-state index in [2.05, 4.69) is 34.4 Å². The topological polar surface area (TPSA) is 367 Å². The fourth-order valence-electron chi connectivity index (χ4n) is 5.38. The Morgan fingerprint density at radius 2 is 1.70 bits per heavy atom. The molecule has 2 amide bonds. The number of aliphatic hydroxyl groups excluding tert-OH is 2. The Morgan fingerprint density at radius 1 is 1.03 bits per heavy atom. The molecule has 29 heteroatoms. The normalized spacial score (nSPS) is 20.9. The smallest absolute Gasteiger partial charge is 0.386 e. The van der Waals surface area contributed by atoms with Gasteiger partial charge in [0.2, 0.25) is 16.9 Å². The Hall–Kier alpha value is -3.68. The SMILES string of the molecule is CN(C)c1ccc(C=CC(=O)SCCNC(=O)CCNC(=O)C(O)C(C)(C)COP(=O)(O)OP(=O)(O)OC[C@H]2O[C@@H](n3cnc4c(N)ncnc43)[C@H](O)[C@@H]2OP(=O)(O)O)cc1. The number of fused-ring (bicyclic) bond motifs is 1. The van der Waals surface area contributed by atoms with E-state index in [1.165, 1.54) is 19.9 Å². The van der Waals surface area contributed by atoms with Crippen LogP contribution in [0.2, 0.25) is 0 Å². The zero-order valence-electron chi connectivity index (χ0n) is 33.0. The Balaban J connectivity index is 1.19. The number of benzene rings is 1. The molecule has 338 valence electrons. The molecule has 0 spiro atoms. The van der Waals surface area contributed by atoms with Crippen LogP contribution in [0.3, 0.4) is 0 Å². The first-order chi connectivity index (χ1) is 28.4. The van der Waals surface area contributed by atoms with Gasteiger partial charge in [-0.25, -0.2) is 28.6 Å². The number of phosphoric acid groups is 3. The monoisotopic (exact) mass is 940 g/mol. The molecule has 1 aromatic carbocycles. The number of aromatic nitrogens is 4. The zero-order valence-corrected chi connectivity index (χ0v) is 36.5.